The van der Waals surface area contributed by atoms with E-state index in [0.29, 0.717) is 18.2 Å². The highest BCUT2D eigenvalue weighted by molar-refractivity contribution is 5.91. The van der Waals surface area contributed by atoms with Gasteiger partial charge in [0.1, 0.15) is 11.9 Å². The Hall–Kier alpha value is -2.15. The van der Waals surface area contributed by atoms with Gasteiger partial charge in [-0.05, 0) is 37.8 Å². The number of furan rings is 1. The molecule has 0 aliphatic carbocycles. The van der Waals surface area contributed by atoms with Crippen molar-refractivity contribution in [3.05, 3.63) is 35.8 Å². The molecule has 7 heteroatoms. The maximum atomic E-state index is 12.4. The number of likely N-dealkylation sites (tertiary alicyclic amines) is 1. The number of aromatic nitrogens is 3. The van der Waals surface area contributed by atoms with Crippen LogP contribution in [0.15, 0.2) is 22.8 Å². The quantitative estimate of drug-likeness (QED) is 0.912. The van der Waals surface area contributed by atoms with Crippen molar-refractivity contribution in [2.24, 2.45) is 5.92 Å². The van der Waals surface area contributed by atoms with Crippen LogP contribution in [0.1, 0.15) is 41.1 Å². The molecule has 1 amide bonds. The minimum absolute atomic E-state index is 0.0523. The molecule has 0 radical (unpaired) electrons. The van der Waals surface area contributed by atoms with Gasteiger partial charge in [-0.3, -0.25) is 9.89 Å². The summed E-state index contributed by atoms with van der Waals surface area (Å²) in [5, 5.41) is 7.05. The molecule has 0 spiro atoms. The first kappa shape index (κ1) is 13.5. The molecule has 4 rings (SSSR count). The lowest BCUT2D eigenvalue weighted by molar-refractivity contribution is -0.00760. The fourth-order valence-electron chi connectivity index (χ4n) is 3.34. The van der Waals surface area contributed by atoms with Gasteiger partial charge in [0.05, 0.1) is 12.4 Å². The Labute approximate surface area is 127 Å². The second-order valence-electron chi connectivity index (χ2n) is 5.96. The number of aryl methyl sites for hydroxylation is 1. The topological polar surface area (TPSA) is 84.2 Å². The minimum Gasteiger partial charge on any atom is -0.459 e. The van der Waals surface area contributed by atoms with Gasteiger partial charge >= 0.3 is 0 Å². The van der Waals surface area contributed by atoms with Crippen molar-refractivity contribution in [1.29, 1.82) is 0 Å². The Bertz CT molecular complexity index is 666. The van der Waals surface area contributed by atoms with Crippen molar-refractivity contribution in [3.63, 3.8) is 0 Å². The maximum Gasteiger partial charge on any atom is 0.289 e. The van der Waals surface area contributed by atoms with E-state index in [2.05, 4.69) is 15.2 Å². The zero-order valence-electron chi connectivity index (χ0n) is 12.4. The molecule has 0 saturated carbocycles. The SMILES string of the molecule is Cc1nc([C@H]2C[C@@H]3CCN(C(=O)c4ccco4)C[C@H]3O2)n[nH]1. The number of rotatable bonds is 2. The molecular formula is C15H18N4O3. The second kappa shape index (κ2) is 5.24. The number of hydrogen-bond acceptors (Lipinski definition) is 5. The highest BCUT2D eigenvalue weighted by Crippen LogP contribution is 2.40. The highest BCUT2D eigenvalue weighted by atomic mass is 16.5. The number of aromatic amines is 1. The first-order valence-electron chi connectivity index (χ1n) is 7.58. The number of hydrogen-bond donors (Lipinski definition) is 1. The van der Waals surface area contributed by atoms with Crippen molar-refractivity contribution in [3.8, 4) is 0 Å². The van der Waals surface area contributed by atoms with Crippen LogP contribution >= 0.6 is 0 Å². The number of ether oxygens (including phenoxy) is 1. The molecule has 1 N–H and O–H groups in total. The van der Waals surface area contributed by atoms with E-state index in [0.717, 1.165) is 31.0 Å². The molecule has 0 unspecified atom stereocenters. The van der Waals surface area contributed by atoms with Crippen LogP contribution in [-0.4, -0.2) is 45.2 Å². The van der Waals surface area contributed by atoms with Crippen LogP contribution in [-0.2, 0) is 4.74 Å². The highest BCUT2D eigenvalue weighted by Gasteiger charge is 2.42. The van der Waals surface area contributed by atoms with E-state index in [-0.39, 0.29) is 18.1 Å². The van der Waals surface area contributed by atoms with Crippen molar-refractivity contribution >= 4 is 5.91 Å². The van der Waals surface area contributed by atoms with Crippen molar-refractivity contribution in [2.45, 2.75) is 32.0 Å². The molecule has 3 atom stereocenters. The van der Waals surface area contributed by atoms with Crippen molar-refractivity contribution in [1.82, 2.24) is 20.1 Å². The predicted molar refractivity (Wildman–Crippen MR) is 76.1 cm³/mol. The summed E-state index contributed by atoms with van der Waals surface area (Å²) < 4.78 is 11.3. The lowest BCUT2D eigenvalue weighted by atomic mass is 9.91. The summed E-state index contributed by atoms with van der Waals surface area (Å²) in [7, 11) is 0. The van der Waals surface area contributed by atoms with Crippen LogP contribution in [0.25, 0.3) is 0 Å². The minimum atomic E-state index is -0.0707. The zero-order chi connectivity index (χ0) is 15.1. The molecule has 2 saturated heterocycles. The molecule has 0 bridgehead atoms. The molecule has 7 nitrogen and oxygen atoms in total. The van der Waals surface area contributed by atoms with Crippen LogP contribution < -0.4 is 0 Å². The molecule has 4 heterocycles. The number of nitrogens with zero attached hydrogens (tertiary/aromatic N) is 3. The summed E-state index contributed by atoms with van der Waals surface area (Å²) in [6.07, 6.45) is 3.37. The van der Waals surface area contributed by atoms with E-state index in [1.165, 1.54) is 6.26 Å². The Morgan fingerprint density at radius 3 is 3.14 bits per heavy atom. The first-order chi connectivity index (χ1) is 10.7. The average Bonchev–Trinajstić information content (AvgIpc) is 3.25. The van der Waals surface area contributed by atoms with Gasteiger partial charge in [-0.25, -0.2) is 4.98 Å². The smallest absolute Gasteiger partial charge is 0.289 e. The van der Waals surface area contributed by atoms with E-state index in [1.807, 2.05) is 11.8 Å². The van der Waals surface area contributed by atoms with Crippen LogP contribution in [0.5, 0.6) is 0 Å². The van der Waals surface area contributed by atoms with Gasteiger partial charge in [0, 0.05) is 13.1 Å². The molecule has 116 valence electrons. The summed E-state index contributed by atoms with van der Waals surface area (Å²) in [6.45, 7) is 3.22. The lowest BCUT2D eigenvalue weighted by Crippen LogP contribution is -2.45. The monoisotopic (exact) mass is 302 g/mol. The number of carbonyl (C=O) groups is 1. The van der Waals surface area contributed by atoms with Gasteiger partial charge in [0.2, 0.25) is 0 Å². The van der Waals surface area contributed by atoms with E-state index in [9.17, 15) is 4.79 Å². The number of H-pyrrole nitrogens is 1. The number of piperidine rings is 1. The molecule has 2 aromatic heterocycles. The van der Waals surface area contributed by atoms with Crippen LogP contribution in [0.2, 0.25) is 0 Å². The van der Waals surface area contributed by atoms with Crippen LogP contribution in [0.4, 0.5) is 0 Å². The van der Waals surface area contributed by atoms with Gasteiger partial charge in [-0.2, -0.15) is 5.10 Å². The number of amides is 1. The van der Waals surface area contributed by atoms with Gasteiger partial charge in [-0.15, -0.1) is 0 Å². The van der Waals surface area contributed by atoms with E-state index < -0.39 is 0 Å². The summed E-state index contributed by atoms with van der Waals surface area (Å²) in [6, 6.07) is 3.43. The van der Waals surface area contributed by atoms with E-state index >= 15 is 0 Å². The van der Waals surface area contributed by atoms with E-state index in [4.69, 9.17) is 9.15 Å². The summed E-state index contributed by atoms with van der Waals surface area (Å²) in [5.41, 5.74) is 0. The summed E-state index contributed by atoms with van der Waals surface area (Å²) in [4.78, 5) is 18.5. The third-order valence-corrected chi connectivity index (χ3v) is 4.47. The molecule has 2 aromatic rings. The third kappa shape index (κ3) is 2.31. The Kier molecular flexibility index (Phi) is 3.22. The van der Waals surface area contributed by atoms with Crippen LogP contribution in [0, 0.1) is 12.8 Å². The van der Waals surface area contributed by atoms with Gasteiger partial charge in [-0.1, -0.05) is 0 Å². The Morgan fingerprint density at radius 1 is 1.50 bits per heavy atom. The molecular weight excluding hydrogens is 284 g/mol. The second-order valence-corrected chi connectivity index (χ2v) is 5.96. The molecule has 2 aliphatic rings. The Balaban J connectivity index is 1.44. The Morgan fingerprint density at radius 2 is 2.41 bits per heavy atom. The van der Waals surface area contributed by atoms with Gasteiger partial charge in [0.15, 0.2) is 11.6 Å². The fraction of sp³-hybridized carbons (Fsp3) is 0.533. The lowest BCUT2D eigenvalue weighted by Gasteiger charge is -2.33. The third-order valence-electron chi connectivity index (χ3n) is 4.47. The normalized spacial score (nSPS) is 27.9. The predicted octanol–water partition coefficient (Wildman–Crippen LogP) is 1.70. The molecule has 2 fully saturated rings. The molecule has 2 aliphatic heterocycles. The average molecular weight is 302 g/mol. The van der Waals surface area contributed by atoms with Crippen LogP contribution in [0.3, 0.4) is 0 Å². The molecule has 22 heavy (non-hydrogen) atoms. The largest absolute Gasteiger partial charge is 0.459 e. The van der Waals surface area contributed by atoms with Gasteiger partial charge in [0.25, 0.3) is 5.91 Å². The number of nitrogens with one attached hydrogen (secondary N) is 1. The number of carbonyl (C=O) groups excluding carboxylic acids is 1. The zero-order valence-corrected chi connectivity index (χ0v) is 12.4. The standard InChI is InChI=1S/C15H18N4O3/c1-9-16-14(18-17-9)12-7-10-4-5-19(8-13(10)22-12)15(20)11-3-2-6-21-11/h2-3,6,10,12-13H,4-5,7-8H2,1H3,(H,16,17,18)/t10-,12+,13+/m0/s1. The summed E-state index contributed by atoms with van der Waals surface area (Å²) in [5.74, 6) is 2.30. The maximum absolute atomic E-state index is 12.4. The van der Waals surface area contributed by atoms with Gasteiger partial charge < -0.3 is 14.1 Å². The molecule has 0 aromatic carbocycles. The van der Waals surface area contributed by atoms with E-state index in [1.54, 1.807) is 12.1 Å². The fourth-order valence-corrected chi connectivity index (χ4v) is 3.34. The van der Waals surface area contributed by atoms with Crippen molar-refractivity contribution < 1.29 is 13.9 Å². The number of fused-ring (bicyclic) bond motifs is 1. The summed E-state index contributed by atoms with van der Waals surface area (Å²) >= 11 is 0. The van der Waals surface area contributed by atoms with Crippen molar-refractivity contribution in [2.75, 3.05) is 13.1 Å². The first-order valence-corrected chi connectivity index (χ1v) is 7.58.